The van der Waals surface area contributed by atoms with E-state index in [-0.39, 0.29) is 18.3 Å². The Balaban J connectivity index is 0.00000196. The van der Waals surface area contributed by atoms with Gasteiger partial charge >= 0.3 is 0 Å². The molecule has 0 fully saturated rings. The Hall–Kier alpha value is -0.580. The summed E-state index contributed by atoms with van der Waals surface area (Å²) in [5.74, 6) is -0.175. The summed E-state index contributed by atoms with van der Waals surface area (Å²) in [5, 5.41) is 2.76. The van der Waals surface area contributed by atoms with Gasteiger partial charge in [0, 0.05) is 10.2 Å². The summed E-state index contributed by atoms with van der Waals surface area (Å²) in [6.07, 6.45) is 0. The topological polar surface area (TPSA) is 55.1 Å². The molecule has 0 aliphatic rings. The highest BCUT2D eigenvalue weighted by Crippen LogP contribution is 2.23. The number of nitrogens with two attached hydrogens (primary N) is 1. The van der Waals surface area contributed by atoms with Gasteiger partial charge in [-0.05, 0) is 31.5 Å². The molecule has 0 heterocycles. The molecule has 0 bridgehead atoms. The van der Waals surface area contributed by atoms with E-state index in [0.717, 1.165) is 15.7 Å². The molecule has 1 amide bonds. The lowest BCUT2D eigenvalue weighted by atomic mass is 10.2. The van der Waals surface area contributed by atoms with Crippen LogP contribution in [0.4, 0.5) is 5.69 Å². The lowest BCUT2D eigenvalue weighted by Crippen LogP contribution is -2.32. The number of rotatable bonds is 2. The molecule has 15 heavy (non-hydrogen) atoms. The fourth-order valence-corrected chi connectivity index (χ4v) is 1.36. The predicted octanol–water partition coefficient (Wildman–Crippen LogP) is 2.47. The van der Waals surface area contributed by atoms with Gasteiger partial charge in [0.05, 0.1) is 6.04 Å². The van der Waals surface area contributed by atoms with Crippen LogP contribution in [0.15, 0.2) is 22.7 Å². The molecule has 0 spiro atoms. The minimum atomic E-state index is -0.492. The fourth-order valence-electron chi connectivity index (χ4n) is 0.989. The van der Waals surface area contributed by atoms with Crippen LogP contribution in [0.25, 0.3) is 0 Å². The standard InChI is InChI=1S/C10H13BrN2O.ClH/c1-6-8(11)4-3-5-9(6)13-10(14)7(2)12;/h3-5,7H,12H2,1-2H3,(H,13,14);1H/t7-;/m1./s1. The lowest BCUT2D eigenvalue weighted by Gasteiger charge is -2.11. The first-order chi connectivity index (χ1) is 6.52. The highest BCUT2D eigenvalue weighted by Gasteiger charge is 2.09. The Morgan fingerprint density at radius 2 is 2.13 bits per heavy atom. The van der Waals surface area contributed by atoms with Crippen molar-refractivity contribution in [2.24, 2.45) is 5.73 Å². The van der Waals surface area contributed by atoms with Gasteiger partial charge in [0.2, 0.25) is 5.91 Å². The first-order valence-corrected chi connectivity index (χ1v) is 5.13. The van der Waals surface area contributed by atoms with Crippen LogP contribution in [0.5, 0.6) is 0 Å². The molecule has 0 aliphatic carbocycles. The van der Waals surface area contributed by atoms with Crippen molar-refractivity contribution in [3.05, 3.63) is 28.2 Å². The molecule has 5 heteroatoms. The fraction of sp³-hybridized carbons (Fsp3) is 0.300. The van der Waals surface area contributed by atoms with E-state index in [0.29, 0.717) is 0 Å². The van der Waals surface area contributed by atoms with Gasteiger partial charge in [0.25, 0.3) is 0 Å². The Morgan fingerprint density at radius 3 is 2.67 bits per heavy atom. The average Bonchev–Trinajstić information content (AvgIpc) is 2.12. The number of benzene rings is 1. The van der Waals surface area contributed by atoms with Gasteiger partial charge in [-0.1, -0.05) is 22.0 Å². The molecule has 0 aromatic heterocycles. The number of halogens is 2. The predicted molar refractivity (Wildman–Crippen MR) is 68.4 cm³/mol. The highest BCUT2D eigenvalue weighted by molar-refractivity contribution is 9.10. The van der Waals surface area contributed by atoms with E-state index >= 15 is 0 Å². The number of amides is 1. The maximum atomic E-state index is 11.3. The van der Waals surface area contributed by atoms with Crippen molar-refractivity contribution in [3.8, 4) is 0 Å². The molecular weight excluding hydrogens is 279 g/mol. The number of carbonyl (C=O) groups excluding carboxylic acids is 1. The van der Waals surface area contributed by atoms with Crippen LogP contribution in [-0.4, -0.2) is 11.9 Å². The van der Waals surface area contributed by atoms with Crippen LogP contribution in [0.2, 0.25) is 0 Å². The third kappa shape index (κ3) is 3.81. The molecule has 1 atom stereocenters. The van der Waals surface area contributed by atoms with E-state index < -0.39 is 6.04 Å². The van der Waals surface area contributed by atoms with Crippen molar-refractivity contribution < 1.29 is 4.79 Å². The van der Waals surface area contributed by atoms with Crippen LogP contribution < -0.4 is 11.1 Å². The highest BCUT2D eigenvalue weighted by atomic mass is 79.9. The SMILES string of the molecule is Cc1c(Br)cccc1NC(=O)[C@@H](C)N.Cl. The molecule has 0 saturated heterocycles. The Morgan fingerprint density at radius 1 is 1.53 bits per heavy atom. The molecule has 0 aliphatic heterocycles. The first kappa shape index (κ1) is 14.4. The largest absolute Gasteiger partial charge is 0.324 e. The second kappa shape index (κ2) is 6.10. The monoisotopic (exact) mass is 292 g/mol. The van der Waals surface area contributed by atoms with Crippen molar-refractivity contribution in [1.82, 2.24) is 0 Å². The summed E-state index contributed by atoms with van der Waals surface area (Å²) >= 11 is 3.39. The van der Waals surface area contributed by atoms with E-state index in [1.165, 1.54) is 0 Å². The zero-order chi connectivity index (χ0) is 10.7. The van der Waals surface area contributed by atoms with Crippen molar-refractivity contribution >= 4 is 39.9 Å². The Labute approximate surface area is 104 Å². The van der Waals surface area contributed by atoms with Gasteiger partial charge in [-0.25, -0.2) is 0 Å². The molecule has 3 N–H and O–H groups in total. The minimum absolute atomic E-state index is 0. The maximum Gasteiger partial charge on any atom is 0.241 e. The summed E-state index contributed by atoms with van der Waals surface area (Å²) in [4.78, 5) is 11.3. The van der Waals surface area contributed by atoms with Crippen LogP contribution >= 0.6 is 28.3 Å². The minimum Gasteiger partial charge on any atom is -0.324 e. The van der Waals surface area contributed by atoms with Crippen LogP contribution in [0.1, 0.15) is 12.5 Å². The third-order valence-electron chi connectivity index (χ3n) is 1.94. The van der Waals surface area contributed by atoms with Crippen LogP contribution in [0.3, 0.4) is 0 Å². The Kier molecular flexibility index (Phi) is 5.87. The van der Waals surface area contributed by atoms with Gasteiger partial charge in [-0.15, -0.1) is 12.4 Å². The molecule has 1 aromatic rings. The number of anilines is 1. The summed E-state index contributed by atoms with van der Waals surface area (Å²) in [6, 6.07) is 5.15. The van der Waals surface area contributed by atoms with E-state index in [9.17, 15) is 4.79 Å². The normalized spacial score (nSPS) is 11.5. The molecular formula is C10H14BrClN2O. The molecule has 0 saturated carbocycles. The van der Waals surface area contributed by atoms with Crippen LogP contribution in [-0.2, 0) is 4.79 Å². The molecule has 0 radical (unpaired) electrons. The summed E-state index contributed by atoms with van der Waals surface area (Å²) in [7, 11) is 0. The molecule has 84 valence electrons. The molecule has 3 nitrogen and oxygen atoms in total. The van der Waals surface area contributed by atoms with Gasteiger partial charge in [0.15, 0.2) is 0 Å². The summed E-state index contributed by atoms with van der Waals surface area (Å²) in [6.45, 7) is 3.59. The van der Waals surface area contributed by atoms with Crippen LogP contribution in [0, 0.1) is 6.92 Å². The summed E-state index contributed by atoms with van der Waals surface area (Å²) in [5.41, 5.74) is 7.24. The number of hydrogen-bond donors (Lipinski definition) is 2. The van der Waals surface area contributed by atoms with Gasteiger partial charge in [0.1, 0.15) is 0 Å². The quantitative estimate of drug-likeness (QED) is 0.880. The number of hydrogen-bond acceptors (Lipinski definition) is 2. The van der Waals surface area contributed by atoms with Crippen molar-refractivity contribution in [2.45, 2.75) is 19.9 Å². The Bertz CT molecular complexity index is 355. The second-order valence-corrected chi connectivity index (χ2v) is 4.04. The van der Waals surface area contributed by atoms with Crippen molar-refractivity contribution in [3.63, 3.8) is 0 Å². The zero-order valence-corrected chi connectivity index (χ0v) is 11.0. The lowest BCUT2D eigenvalue weighted by molar-refractivity contribution is -0.117. The van der Waals surface area contributed by atoms with Gasteiger partial charge in [-0.3, -0.25) is 4.79 Å². The second-order valence-electron chi connectivity index (χ2n) is 3.19. The van der Waals surface area contributed by atoms with E-state index in [4.69, 9.17) is 5.73 Å². The molecule has 1 aromatic carbocycles. The van der Waals surface area contributed by atoms with Gasteiger partial charge in [-0.2, -0.15) is 0 Å². The summed E-state index contributed by atoms with van der Waals surface area (Å²) < 4.78 is 0.972. The average molecular weight is 294 g/mol. The van der Waals surface area contributed by atoms with E-state index in [2.05, 4.69) is 21.2 Å². The van der Waals surface area contributed by atoms with Crippen molar-refractivity contribution in [1.29, 1.82) is 0 Å². The molecule has 0 unspecified atom stereocenters. The number of nitrogens with one attached hydrogen (secondary N) is 1. The third-order valence-corrected chi connectivity index (χ3v) is 2.80. The smallest absolute Gasteiger partial charge is 0.241 e. The van der Waals surface area contributed by atoms with Gasteiger partial charge < -0.3 is 11.1 Å². The zero-order valence-electron chi connectivity index (χ0n) is 8.58. The van der Waals surface area contributed by atoms with E-state index in [1.807, 2.05) is 25.1 Å². The van der Waals surface area contributed by atoms with Crippen molar-refractivity contribution in [2.75, 3.05) is 5.32 Å². The van der Waals surface area contributed by atoms with E-state index in [1.54, 1.807) is 6.92 Å². The number of carbonyl (C=O) groups is 1. The molecule has 1 rings (SSSR count). The first-order valence-electron chi connectivity index (χ1n) is 4.34. The maximum absolute atomic E-state index is 11.3.